The van der Waals surface area contributed by atoms with Crippen LogP contribution < -0.4 is 16.8 Å². The highest BCUT2D eigenvalue weighted by atomic mass is 15.2. The summed E-state index contributed by atoms with van der Waals surface area (Å²) in [7, 11) is 0. The van der Waals surface area contributed by atoms with Crippen molar-refractivity contribution in [3.05, 3.63) is 60.4 Å². The van der Waals surface area contributed by atoms with Gasteiger partial charge in [-0.15, -0.1) is 0 Å². The number of hydrogen-bond donors (Lipinski definition) is 3. The fraction of sp³-hybridized carbons (Fsp3) is 0.273. The molecule has 4 aromatic rings. The molecule has 152 valence electrons. The molecule has 5 N–H and O–H groups in total. The molecule has 0 radical (unpaired) electrons. The van der Waals surface area contributed by atoms with Gasteiger partial charge in [0, 0.05) is 30.5 Å². The molecule has 0 amide bonds. The molecule has 0 aliphatic heterocycles. The first-order valence-electron chi connectivity index (χ1n) is 10.2. The maximum atomic E-state index is 6.50. The quantitative estimate of drug-likeness (QED) is 0.455. The average Bonchev–Trinajstić information content (AvgIpc) is 3.15. The smallest absolute Gasteiger partial charge is 0.224 e. The Morgan fingerprint density at radius 1 is 1.03 bits per heavy atom. The summed E-state index contributed by atoms with van der Waals surface area (Å²) in [5, 5.41) is 3.14. The second-order valence-corrected chi connectivity index (χ2v) is 7.66. The first kappa shape index (κ1) is 18.7. The summed E-state index contributed by atoms with van der Waals surface area (Å²) in [6.07, 6.45) is 6.73. The molecule has 0 saturated heterocycles. The molecule has 0 atom stereocenters. The third-order valence-corrected chi connectivity index (χ3v) is 5.67. The van der Waals surface area contributed by atoms with E-state index in [1.807, 2.05) is 22.8 Å². The second-order valence-electron chi connectivity index (χ2n) is 7.66. The summed E-state index contributed by atoms with van der Waals surface area (Å²) in [5.74, 6) is 1.24. The number of fused-ring (bicyclic) bond motifs is 1. The number of nitrogens with one attached hydrogen (secondary N) is 1. The summed E-state index contributed by atoms with van der Waals surface area (Å²) in [5.41, 5.74) is 16.2. The van der Waals surface area contributed by atoms with Crippen LogP contribution in [0.2, 0.25) is 0 Å². The highest BCUT2D eigenvalue weighted by Crippen LogP contribution is 2.39. The minimum absolute atomic E-state index is 0.194. The third kappa shape index (κ3) is 3.20. The molecule has 5 rings (SSSR count). The van der Waals surface area contributed by atoms with Gasteiger partial charge in [0.05, 0.1) is 6.20 Å². The molecule has 8 nitrogen and oxygen atoms in total. The molecule has 1 fully saturated rings. The molecule has 1 aliphatic rings. The van der Waals surface area contributed by atoms with E-state index >= 15 is 0 Å². The highest BCUT2D eigenvalue weighted by molar-refractivity contribution is 5.79. The van der Waals surface area contributed by atoms with Gasteiger partial charge in [-0.2, -0.15) is 4.98 Å². The van der Waals surface area contributed by atoms with Gasteiger partial charge in [0.1, 0.15) is 11.2 Å². The molecule has 1 saturated carbocycles. The van der Waals surface area contributed by atoms with Crippen LogP contribution in [0.4, 0.5) is 5.95 Å². The van der Waals surface area contributed by atoms with Gasteiger partial charge in [-0.05, 0) is 49.1 Å². The highest BCUT2D eigenvalue weighted by Gasteiger charge is 2.34. The lowest BCUT2D eigenvalue weighted by Gasteiger charge is -2.38. The normalized spacial score (nSPS) is 15.1. The van der Waals surface area contributed by atoms with Crippen molar-refractivity contribution < 1.29 is 0 Å². The van der Waals surface area contributed by atoms with Gasteiger partial charge >= 0.3 is 0 Å². The van der Waals surface area contributed by atoms with Crippen molar-refractivity contribution in [2.45, 2.75) is 24.8 Å². The van der Waals surface area contributed by atoms with Crippen molar-refractivity contribution in [1.29, 1.82) is 0 Å². The lowest BCUT2D eigenvalue weighted by atomic mass is 9.73. The van der Waals surface area contributed by atoms with E-state index in [2.05, 4.69) is 39.6 Å². The fourth-order valence-corrected chi connectivity index (χ4v) is 3.84. The van der Waals surface area contributed by atoms with E-state index in [9.17, 15) is 0 Å². The van der Waals surface area contributed by atoms with Gasteiger partial charge in [0.25, 0.3) is 0 Å². The van der Waals surface area contributed by atoms with E-state index in [1.54, 1.807) is 12.4 Å². The Labute approximate surface area is 174 Å². The Kier molecular flexibility index (Phi) is 4.65. The van der Waals surface area contributed by atoms with Crippen molar-refractivity contribution in [1.82, 2.24) is 24.5 Å². The van der Waals surface area contributed by atoms with Crippen LogP contribution in [0, 0.1) is 0 Å². The van der Waals surface area contributed by atoms with Crippen molar-refractivity contribution in [2.75, 3.05) is 18.4 Å². The minimum Gasteiger partial charge on any atom is -0.353 e. The number of pyridine rings is 1. The van der Waals surface area contributed by atoms with Gasteiger partial charge in [0.15, 0.2) is 11.5 Å². The van der Waals surface area contributed by atoms with Crippen LogP contribution >= 0.6 is 0 Å². The molecule has 8 heteroatoms. The third-order valence-electron chi connectivity index (χ3n) is 5.67. The largest absolute Gasteiger partial charge is 0.353 e. The van der Waals surface area contributed by atoms with Crippen LogP contribution in [0.1, 0.15) is 24.8 Å². The zero-order valence-corrected chi connectivity index (χ0v) is 16.6. The Morgan fingerprint density at radius 2 is 1.87 bits per heavy atom. The lowest BCUT2D eigenvalue weighted by Crippen LogP contribution is -2.43. The average molecular weight is 400 g/mol. The molecular weight excluding hydrogens is 376 g/mol. The summed E-state index contributed by atoms with van der Waals surface area (Å²) in [4.78, 5) is 18.3. The number of hydrogen-bond acceptors (Lipinski definition) is 7. The number of benzene rings is 1. The van der Waals surface area contributed by atoms with Crippen molar-refractivity contribution in [3.63, 3.8) is 0 Å². The molecular formula is C22H24N8. The predicted molar refractivity (Wildman–Crippen MR) is 117 cm³/mol. The molecule has 3 heterocycles. The molecule has 0 unspecified atom stereocenters. The van der Waals surface area contributed by atoms with Crippen LogP contribution in [-0.2, 0) is 5.54 Å². The lowest BCUT2D eigenvalue weighted by molar-refractivity contribution is 0.253. The molecule has 0 bridgehead atoms. The molecule has 1 aliphatic carbocycles. The number of aromatic nitrogens is 5. The van der Waals surface area contributed by atoms with E-state index in [0.717, 1.165) is 30.0 Å². The monoisotopic (exact) mass is 400 g/mol. The predicted octanol–water partition coefficient (Wildman–Crippen LogP) is 2.59. The summed E-state index contributed by atoms with van der Waals surface area (Å²) >= 11 is 0. The number of nitrogens with two attached hydrogens (primary N) is 2. The van der Waals surface area contributed by atoms with Gasteiger partial charge in [-0.3, -0.25) is 9.55 Å². The van der Waals surface area contributed by atoms with E-state index in [4.69, 9.17) is 21.4 Å². The Balaban J connectivity index is 1.65. The maximum Gasteiger partial charge on any atom is 0.224 e. The molecule has 0 spiro atoms. The van der Waals surface area contributed by atoms with Gasteiger partial charge in [0.2, 0.25) is 5.95 Å². The number of rotatable bonds is 6. The second kappa shape index (κ2) is 7.47. The van der Waals surface area contributed by atoms with Gasteiger partial charge < -0.3 is 16.8 Å². The molecule has 3 aromatic heterocycles. The minimum atomic E-state index is -0.194. The first-order valence-corrected chi connectivity index (χ1v) is 10.2. The van der Waals surface area contributed by atoms with Crippen LogP contribution in [0.5, 0.6) is 0 Å². The zero-order valence-electron chi connectivity index (χ0n) is 16.6. The number of anilines is 1. The maximum absolute atomic E-state index is 6.50. The SMILES string of the molecule is NCCNc1ncc2nc(-c3ccccn3)n(-c3ccc(C4(N)CCC4)cc3)c2n1. The van der Waals surface area contributed by atoms with Gasteiger partial charge in [-0.1, -0.05) is 18.2 Å². The topological polar surface area (TPSA) is 121 Å². The van der Waals surface area contributed by atoms with Crippen LogP contribution in [0.15, 0.2) is 54.9 Å². The van der Waals surface area contributed by atoms with Crippen LogP contribution in [-0.4, -0.2) is 37.6 Å². The first-order chi connectivity index (χ1) is 14.7. The summed E-state index contributed by atoms with van der Waals surface area (Å²) in [6, 6.07) is 14.1. The number of nitrogens with zero attached hydrogens (tertiary/aromatic N) is 5. The standard InChI is InChI=1S/C22H24N8/c23-11-13-26-21-27-14-18-20(29-21)30(19(28-18)17-4-1-2-12-25-17)16-7-5-15(6-8-16)22(24)9-3-10-22/h1-2,4-8,12,14H,3,9-11,13,23-24H2,(H,26,27,29). The summed E-state index contributed by atoms with van der Waals surface area (Å²) in [6.45, 7) is 1.10. The van der Waals surface area contributed by atoms with Crippen molar-refractivity contribution >= 4 is 17.1 Å². The fourth-order valence-electron chi connectivity index (χ4n) is 3.84. The van der Waals surface area contributed by atoms with E-state index in [1.165, 1.54) is 12.0 Å². The number of imidazole rings is 1. The Morgan fingerprint density at radius 3 is 2.53 bits per heavy atom. The Hall–Kier alpha value is -3.36. The molecule has 30 heavy (non-hydrogen) atoms. The van der Waals surface area contributed by atoms with Crippen LogP contribution in [0.3, 0.4) is 0 Å². The Bertz CT molecular complexity index is 1160. The van der Waals surface area contributed by atoms with E-state index in [0.29, 0.717) is 30.2 Å². The zero-order chi connectivity index (χ0) is 20.6. The summed E-state index contributed by atoms with van der Waals surface area (Å²) < 4.78 is 2.01. The van der Waals surface area contributed by atoms with Crippen molar-refractivity contribution in [3.8, 4) is 17.2 Å². The van der Waals surface area contributed by atoms with Gasteiger partial charge in [-0.25, -0.2) is 9.97 Å². The van der Waals surface area contributed by atoms with E-state index in [-0.39, 0.29) is 5.54 Å². The van der Waals surface area contributed by atoms with E-state index < -0.39 is 0 Å². The van der Waals surface area contributed by atoms with Crippen LogP contribution in [0.25, 0.3) is 28.4 Å². The van der Waals surface area contributed by atoms with Crippen molar-refractivity contribution in [2.24, 2.45) is 11.5 Å². The molecule has 1 aromatic carbocycles.